The minimum atomic E-state index is -0.688. The van der Waals surface area contributed by atoms with Crippen molar-refractivity contribution in [2.45, 2.75) is 49.7 Å². The molecule has 58 valence electrons. The van der Waals surface area contributed by atoms with Gasteiger partial charge < -0.3 is 10.2 Å². The van der Waals surface area contributed by atoms with Crippen LogP contribution in [0, 0.1) is 0 Å². The van der Waals surface area contributed by atoms with Crippen LogP contribution in [0.2, 0.25) is 0 Å². The zero-order chi connectivity index (χ0) is 7.24. The molecule has 0 N–H and O–H groups in total. The molecule has 0 amide bonds. The highest BCUT2D eigenvalue weighted by Crippen LogP contribution is 2.43. The van der Waals surface area contributed by atoms with Gasteiger partial charge in [0.05, 0.1) is 0 Å². The molecule has 3 aliphatic carbocycles. The Bertz CT molecular complexity index is 111. The summed E-state index contributed by atoms with van der Waals surface area (Å²) < 4.78 is 0. The average molecular weight is 140 g/mol. The molecule has 0 saturated heterocycles. The molecule has 0 aliphatic heterocycles. The van der Waals surface area contributed by atoms with Crippen molar-refractivity contribution in [3.8, 4) is 0 Å². The molecule has 3 fully saturated rings. The van der Waals surface area contributed by atoms with E-state index in [1.165, 1.54) is 0 Å². The first-order chi connectivity index (χ1) is 4.62. The van der Waals surface area contributed by atoms with Crippen molar-refractivity contribution in [2.75, 3.05) is 0 Å². The third-order valence-electron chi connectivity index (χ3n) is 3.11. The molecule has 0 radical (unpaired) electrons. The first-order valence-corrected chi connectivity index (χ1v) is 4.03. The van der Waals surface area contributed by atoms with Crippen molar-refractivity contribution in [1.82, 2.24) is 0 Å². The van der Waals surface area contributed by atoms with Crippen molar-refractivity contribution < 1.29 is 10.2 Å². The summed E-state index contributed by atoms with van der Waals surface area (Å²) in [6, 6.07) is 0. The maximum absolute atomic E-state index is 11.5. The Morgan fingerprint density at radius 2 is 0.800 bits per heavy atom. The molecule has 3 rings (SSSR count). The second-order valence-electron chi connectivity index (χ2n) is 3.87. The summed E-state index contributed by atoms with van der Waals surface area (Å²) in [5.74, 6) is 0. The molecular weight excluding hydrogens is 128 g/mol. The van der Waals surface area contributed by atoms with E-state index in [9.17, 15) is 10.2 Å². The van der Waals surface area contributed by atoms with Gasteiger partial charge in [-0.3, -0.25) is 0 Å². The second kappa shape index (κ2) is 1.74. The van der Waals surface area contributed by atoms with E-state index < -0.39 is 11.2 Å². The molecule has 0 atom stereocenters. The predicted molar refractivity (Wildman–Crippen MR) is 33.2 cm³/mol. The molecule has 0 aromatic heterocycles. The standard InChI is InChI=1S/C8H12O2/c9-7-1-2-8(10,5-3-7)6-4-7/h1-6H2/q-2. The summed E-state index contributed by atoms with van der Waals surface area (Å²) in [5.41, 5.74) is -1.38. The fourth-order valence-corrected chi connectivity index (χ4v) is 2.12. The zero-order valence-electron chi connectivity index (χ0n) is 6.06. The lowest BCUT2D eigenvalue weighted by Crippen LogP contribution is -2.61. The minimum Gasteiger partial charge on any atom is -0.849 e. The third kappa shape index (κ3) is 0.867. The summed E-state index contributed by atoms with van der Waals surface area (Å²) in [5, 5.41) is 23.1. The maximum Gasteiger partial charge on any atom is -0.0638 e. The van der Waals surface area contributed by atoms with Crippen LogP contribution in [0.15, 0.2) is 0 Å². The lowest BCUT2D eigenvalue weighted by atomic mass is 9.65. The summed E-state index contributed by atoms with van der Waals surface area (Å²) >= 11 is 0. The van der Waals surface area contributed by atoms with Crippen molar-refractivity contribution in [3.05, 3.63) is 0 Å². The molecule has 0 unspecified atom stereocenters. The molecule has 2 bridgehead atoms. The Morgan fingerprint density at radius 1 is 0.600 bits per heavy atom. The van der Waals surface area contributed by atoms with Gasteiger partial charge in [0.15, 0.2) is 0 Å². The van der Waals surface area contributed by atoms with Crippen LogP contribution < -0.4 is 10.2 Å². The second-order valence-corrected chi connectivity index (χ2v) is 3.87. The maximum atomic E-state index is 11.5. The van der Waals surface area contributed by atoms with E-state index in [-0.39, 0.29) is 0 Å². The van der Waals surface area contributed by atoms with Crippen LogP contribution in [0.1, 0.15) is 38.5 Å². The van der Waals surface area contributed by atoms with Gasteiger partial charge in [0, 0.05) is 0 Å². The number of hydrogen-bond acceptors (Lipinski definition) is 2. The molecule has 3 aliphatic rings. The van der Waals surface area contributed by atoms with Gasteiger partial charge in [-0.25, -0.2) is 0 Å². The van der Waals surface area contributed by atoms with E-state index in [4.69, 9.17) is 0 Å². The van der Waals surface area contributed by atoms with E-state index in [1.54, 1.807) is 0 Å². The Hall–Kier alpha value is -0.0800. The highest BCUT2D eigenvalue weighted by Gasteiger charge is 2.34. The topological polar surface area (TPSA) is 46.1 Å². The van der Waals surface area contributed by atoms with Gasteiger partial charge in [0.2, 0.25) is 0 Å². The summed E-state index contributed by atoms with van der Waals surface area (Å²) in [4.78, 5) is 0. The van der Waals surface area contributed by atoms with E-state index in [1.807, 2.05) is 0 Å². The predicted octanol–water partition coefficient (Wildman–Crippen LogP) is -0.448. The Kier molecular flexibility index (Phi) is 1.15. The normalized spacial score (nSPS) is 53.4. The van der Waals surface area contributed by atoms with Gasteiger partial charge in [0.1, 0.15) is 0 Å². The zero-order valence-corrected chi connectivity index (χ0v) is 6.06. The molecule has 10 heavy (non-hydrogen) atoms. The first-order valence-electron chi connectivity index (χ1n) is 4.03. The van der Waals surface area contributed by atoms with Gasteiger partial charge >= 0.3 is 0 Å². The number of hydrogen-bond donors (Lipinski definition) is 0. The summed E-state index contributed by atoms with van der Waals surface area (Å²) in [6.07, 6.45) is 3.81. The monoisotopic (exact) mass is 140 g/mol. The van der Waals surface area contributed by atoms with E-state index >= 15 is 0 Å². The molecule has 2 heteroatoms. The lowest BCUT2D eigenvalue weighted by molar-refractivity contribution is -0.549. The highest BCUT2D eigenvalue weighted by molar-refractivity contribution is 4.98. The van der Waals surface area contributed by atoms with Crippen LogP contribution in [-0.2, 0) is 0 Å². The average Bonchev–Trinajstić information content (AvgIpc) is 1.93. The third-order valence-corrected chi connectivity index (χ3v) is 3.11. The van der Waals surface area contributed by atoms with Gasteiger partial charge in [-0.05, 0) is 0 Å². The Labute approximate surface area is 60.9 Å². The van der Waals surface area contributed by atoms with Crippen molar-refractivity contribution in [1.29, 1.82) is 0 Å². The SMILES string of the molecule is [O-]C12CCC([O-])(CC1)CC2. The fraction of sp³-hybridized carbons (Fsp3) is 1.00. The number of fused-ring (bicyclic) bond motifs is 3. The van der Waals surface area contributed by atoms with Gasteiger partial charge in [0.25, 0.3) is 0 Å². The molecule has 2 nitrogen and oxygen atoms in total. The fourth-order valence-electron chi connectivity index (χ4n) is 2.12. The van der Waals surface area contributed by atoms with Crippen molar-refractivity contribution in [3.63, 3.8) is 0 Å². The number of rotatable bonds is 0. The van der Waals surface area contributed by atoms with Gasteiger partial charge in [-0.15, -0.1) is 11.2 Å². The molecule has 0 spiro atoms. The Morgan fingerprint density at radius 3 is 1.00 bits per heavy atom. The van der Waals surface area contributed by atoms with Crippen LogP contribution >= 0.6 is 0 Å². The van der Waals surface area contributed by atoms with Crippen molar-refractivity contribution in [2.24, 2.45) is 0 Å². The molecule has 0 heterocycles. The van der Waals surface area contributed by atoms with E-state index in [0.29, 0.717) is 38.5 Å². The highest BCUT2D eigenvalue weighted by atomic mass is 16.3. The lowest BCUT2D eigenvalue weighted by Gasteiger charge is -2.61. The minimum absolute atomic E-state index is 0.635. The molecular formula is C8H12O2-2. The molecule has 0 aromatic carbocycles. The van der Waals surface area contributed by atoms with Crippen LogP contribution in [0.25, 0.3) is 0 Å². The largest absolute Gasteiger partial charge is 0.849 e. The molecule has 3 saturated carbocycles. The Balaban J connectivity index is 2.16. The van der Waals surface area contributed by atoms with Crippen LogP contribution in [0.4, 0.5) is 0 Å². The van der Waals surface area contributed by atoms with Gasteiger partial charge in [-0.2, -0.15) is 0 Å². The first kappa shape index (κ1) is 6.62. The van der Waals surface area contributed by atoms with Crippen LogP contribution in [0.5, 0.6) is 0 Å². The van der Waals surface area contributed by atoms with E-state index in [2.05, 4.69) is 0 Å². The van der Waals surface area contributed by atoms with E-state index in [0.717, 1.165) is 0 Å². The van der Waals surface area contributed by atoms with Crippen LogP contribution in [0.3, 0.4) is 0 Å². The quantitative estimate of drug-likeness (QED) is 0.457. The van der Waals surface area contributed by atoms with Gasteiger partial charge in [-0.1, -0.05) is 38.5 Å². The molecule has 0 aromatic rings. The summed E-state index contributed by atoms with van der Waals surface area (Å²) in [6.45, 7) is 0. The van der Waals surface area contributed by atoms with Crippen molar-refractivity contribution >= 4 is 0 Å². The summed E-state index contributed by atoms with van der Waals surface area (Å²) in [7, 11) is 0. The van der Waals surface area contributed by atoms with Crippen LogP contribution in [-0.4, -0.2) is 11.2 Å². The smallest absolute Gasteiger partial charge is 0.0638 e.